The molecule has 88 valence electrons. The first-order valence-corrected chi connectivity index (χ1v) is 5.41. The minimum absolute atomic E-state index is 0.494. The Kier molecular flexibility index (Phi) is 2.49. The van der Waals surface area contributed by atoms with Crippen molar-refractivity contribution in [2.45, 2.75) is 0 Å². The number of aromatic nitrogens is 3. The normalized spacial score (nSPS) is 10.4. The summed E-state index contributed by atoms with van der Waals surface area (Å²) in [7, 11) is 0. The summed E-state index contributed by atoms with van der Waals surface area (Å²) < 4.78 is 5.68. The zero-order chi connectivity index (χ0) is 12.4. The molecule has 0 saturated carbocycles. The highest BCUT2D eigenvalue weighted by Crippen LogP contribution is 2.26. The van der Waals surface area contributed by atoms with Crippen LogP contribution in [0.1, 0.15) is 0 Å². The second-order valence-corrected chi connectivity index (χ2v) is 3.75. The summed E-state index contributed by atoms with van der Waals surface area (Å²) in [5.41, 5.74) is 7.13. The summed E-state index contributed by atoms with van der Waals surface area (Å²) in [6.45, 7) is 0. The number of hydrogen-bond acceptors (Lipinski definition) is 5. The van der Waals surface area contributed by atoms with Crippen LogP contribution in [-0.4, -0.2) is 15.0 Å². The molecule has 3 rings (SSSR count). The van der Waals surface area contributed by atoms with Gasteiger partial charge in [0.1, 0.15) is 12.1 Å². The fourth-order valence-electron chi connectivity index (χ4n) is 1.65. The van der Waals surface area contributed by atoms with Crippen LogP contribution < -0.4 is 10.5 Å². The lowest BCUT2D eigenvalue weighted by molar-refractivity contribution is 0.466. The predicted octanol–water partition coefficient (Wildman–Crippen LogP) is 2.40. The molecule has 0 aliphatic carbocycles. The number of nitrogens with two attached hydrogens (primary N) is 1. The van der Waals surface area contributed by atoms with Gasteiger partial charge in [0, 0.05) is 11.9 Å². The van der Waals surface area contributed by atoms with E-state index >= 15 is 0 Å². The van der Waals surface area contributed by atoms with Crippen LogP contribution in [-0.2, 0) is 0 Å². The molecular weight excluding hydrogens is 228 g/mol. The van der Waals surface area contributed by atoms with Gasteiger partial charge in [0.05, 0.1) is 17.1 Å². The Morgan fingerprint density at radius 3 is 2.89 bits per heavy atom. The molecule has 0 unspecified atom stereocenters. The first-order valence-electron chi connectivity index (χ1n) is 5.41. The number of fused-ring (bicyclic) bond motifs is 1. The van der Waals surface area contributed by atoms with E-state index in [9.17, 15) is 0 Å². The van der Waals surface area contributed by atoms with E-state index in [0.717, 1.165) is 10.9 Å². The van der Waals surface area contributed by atoms with E-state index in [0.29, 0.717) is 17.3 Å². The lowest BCUT2D eigenvalue weighted by Gasteiger charge is -2.06. The number of pyridine rings is 1. The first kappa shape index (κ1) is 10.5. The van der Waals surface area contributed by atoms with Crippen molar-refractivity contribution in [3.63, 3.8) is 0 Å². The number of benzene rings is 1. The molecule has 1 aromatic carbocycles. The molecule has 2 N–H and O–H groups in total. The molecule has 0 spiro atoms. The predicted molar refractivity (Wildman–Crippen MR) is 68.3 cm³/mol. The van der Waals surface area contributed by atoms with Crippen LogP contribution in [0.25, 0.3) is 10.9 Å². The van der Waals surface area contributed by atoms with Crippen molar-refractivity contribution in [2.24, 2.45) is 0 Å². The Bertz CT molecular complexity index is 685. The molecule has 2 heterocycles. The van der Waals surface area contributed by atoms with Crippen molar-refractivity contribution in [3.05, 3.63) is 49.1 Å². The minimum Gasteiger partial charge on any atom is -0.437 e. The summed E-state index contributed by atoms with van der Waals surface area (Å²) >= 11 is 0. The maximum Gasteiger partial charge on any atom is 0.230 e. The SMILES string of the molecule is Nc1ccc2c(Oc3cccnc3)ncnc2c1. The topological polar surface area (TPSA) is 73.9 Å². The number of nitrogen functional groups attached to an aromatic ring is 1. The van der Waals surface area contributed by atoms with Crippen molar-refractivity contribution in [3.8, 4) is 11.6 Å². The molecule has 5 nitrogen and oxygen atoms in total. The molecule has 5 heteroatoms. The van der Waals surface area contributed by atoms with E-state index in [4.69, 9.17) is 10.5 Å². The summed E-state index contributed by atoms with van der Waals surface area (Å²) in [5.74, 6) is 1.13. The molecule has 0 radical (unpaired) electrons. The maximum absolute atomic E-state index is 5.72. The highest BCUT2D eigenvalue weighted by atomic mass is 16.5. The molecule has 0 fully saturated rings. The Hall–Kier alpha value is -2.69. The molecule has 0 aliphatic rings. The Morgan fingerprint density at radius 1 is 1.11 bits per heavy atom. The van der Waals surface area contributed by atoms with Crippen molar-refractivity contribution in [1.29, 1.82) is 0 Å². The van der Waals surface area contributed by atoms with E-state index in [1.165, 1.54) is 6.33 Å². The van der Waals surface area contributed by atoms with Gasteiger partial charge in [-0.15, -0.1) is 0 Å². The highest BCUT2D eigenvalue weighted by molar-refractivity contribution is 5.85. The van der Waals surface area contributed by atoms with Crippen molar-refractivity contribution in [1.82, 2.24) is 15.0 Å². The van der Waals surface area contributed by atoms with Crippen LogP contribution in [0.5, 0.6) is 11.6 Å². The molecule has 0 saturated heterocycles. The first-order chi connectivity index (χ1) is 8.83. The highest BCUT2D eigenvalue weighted by Gasteiger charge is 2.06. The van der Waals surface area contributed by atoms with E-state index in [1.807, 2.05) is 12.1 Å². The van der Waals surface area contributed by atoms with Crippen LogP contribution in [0, 0.1) is 0 Å². The van der Waals surface area contributed by atoms with E-state index in [-0.39, 0.29) is 0 Å². The molecule has 2 aromatic heterocycles. The average molecular weight is 238 g/mol. The van der Waals surface area contributed by atoms with Gasteiger partial charge in [0.2, 0.25) is 5.88 Å². The van der Waals surface area contributed by atoms with Gasteiger partial charge < -0.3 is 10.5 Å². The number of ether oxygens (including phenoxy) is 1. The Balaban J connectivity index is 2.07. The van der Waals surface area contributed by atoms with Crippen LogP contribution in [0.15, 0.2) is 49.1 Å². The van der Waals surface area contributed by atoms with E-state index in [1.54, 1.807) is 30.6 Å². The van der Waals surface area contributed by atoms with Crippen molar-refractivity contribution < 1.29 is 4.74 Å². The molecule has 18 heavy (non-hydrogen) atoms. The molecule has 3 aromatic rings. The van der Waals surface area contributed by atoms with E-state index < -0.39 is 0 Å². The van der Waals surface area contributed by atoms with Crippen LogP contribution in [0.4, 0.5) is 5.69 Å². The van der Waals surface area contributed by atoms with Gasteiger partial charge in [-0.05, 0) is 30.3 Å². The summed E-state index contributed by atoms with van der Waals surface area (Å²) in [6, 6.07) is 9.04. The monoisotopic (exact) mass is 238 g/mol. The number of rotatable bonds is 2. The summed E-state index contributed by atoms with van der Waals surface area (Å²) in [6.07, 6.45) is 4.77. The van der Waals surface area contributed by atoms with Gasteiger partial charge in [0.15, 0.2) is 0 Å². The van der Waals surface area contributed by atoms with Gasteiger partial charge >= 0.3 is 0 Å². The lowest BCUT2D eigenvalue weighted by atomic mass is 10.2. The Labute approximate surface area is 103 Å². The molecule has 0 aliphatic heterocycles. The van der Waals surface area contributed by atoms with Gasteiger partial charge in [-0.2, -0.15) is 0 Å². The summed E-state index contributed by atoms with van der Waals surface area (Å²) in [4.78, 5) is 12.3. The standard InChI is InChI=1S/C13H10N4O/c14-9-3-4-11-12(6-9)16-8-17-13(11)18-10-2-1-5-15-7-10/h1-8H,14H2. The van der Waals surface area contributed by atoms with Gasteiger partial charge in [-0.3, -0.25) is 4.98 Å². The zero-order valence-electron chi connectivity index (χ0n) is 9.45. The number of anilines is 1. The smallest absolute Gasteiger partial charge is 0.230 e. The van der Waals surface area contributed by atoms with Crippen molar-refractivity contribution in [2.75, 3.05) is 5.73 Å². The molecule has 0 bridgehead atoms. The molecular formula is C13H10N4O. The largest absolute Gasteiger partial charge is 0.437 e. The zero-order valence-corrected chi connectivity index (χ0v) is 9.45. The Morgan fingerprint density at radius 2 is 2.06 bits per heavy atom. The minimum atomic E-state index is 0.494. The molecule has 0 amide bonds. The van der Waals surface area contributed by atoms with Crippen LogP contribution >= 0.6 is 0 Å². The number of nitrogens with zero attached hydrogens (tertiary/aromatic N) is 3. The van der Waals surface area contributed by atoms with Crippen molar-refractivity contribution >= 4 is 16.6 Å². The van der Waals surface area contributed by atoms with Gasteiger partial charge in [-0.25, -0.2) is 9.97 Å². The third kappa shape index (κ3) is 1.93. The third-order valence-electron chi connectivity index (χ3n) is 2.47. The quantitative estimate of drug-likeness (QED) is 0.694. The average Bonchev–Trinajstić information content (AvgIpc) is 2.40. The van der Waals surface area contributed by atoms with Crippen LogP contribution in [0.2, 0.25) is 0 Å². The fraction of sp³-hybridized carbons (Fsp3) is 0. The molecule has 0 atom stereocenters. The lowest BCUT2D eigenvalue weighted by Crippen LogP contribution is -1.93. The van der Waals surface area contributed by atoms with Crippen LogP contribution in [0.3, 0.4) is 0 Å². The second kappa shape index (κ2) is 4.29. The third-order valence-corrected chi connectivity index (χ3v) is 2.47. The second-order valence-electron chi connectivity index (χ2n) is 3.75. The maximum atomic E-state index is 5.72. The summed E-state index contributed by atoms with van der Waals surface area (Å²) in [5, 5.41) is 0.815. The van der Waals surface area contributed by atoms with Gasteiger partial charge in [0.25, 0.3) is 0 Å². The van der Waals surface area contributed by atoms with E-state index in [2.05, 4.69) is 15.0 Å². The fourth-order valence-corrected chi connectivity index (χ4v) is 1.65. The van der Waals surface area contributed by atoms with Gasteiger partial charge in [-0.1, -0.05) is 0 Å². The number of hydrogen-bond donors (Lipinski definition) is 1.